The van der Waals surface area contributed by atoms with E-state index < -0.39 is 0 Å². The first kappa shape index (κ1) is 18.3. The maximum Gasteiger partial charge on any atom is 0.253 e. The van der Waals surface area contributed by atoms with Gasteiger partial charge in [-0.05, 0) is 29.8 Å². The van der Waals surface area contributed by atoms with Crippen LogP contribution in [0.3, 0.4) is 0 Å². The summed E-state index contributed by atoms with van der Waals surface area (Å²) in [5.41, 5.74) is 1.60. The van der Waals surface area contributed by atoms with E-state index in [-0.39, 0.29) is 23.5 Å². The zero-order chi connectivity index (χ0) is 18.7. The molecule has 6 heteroatoms. The summed E-state index contributed by atoms with van der Waals surface area (Å²) in [5, 5.41) is 2.77. The van der Waals surface area contributed by atoms with Crippen molar-refractivity contribution in [2.24, 2.45) is 5.92 Å². The summed E-state index contributed by atoms with van der Waals surface area (Å²) in [6.07, 6.45) is 0.339. The molecule has 1 N–H and O–H groups in total. The number of benzene rings is 1. The van der Waals surface area contributed by atoms with Gasteiger partial charge in [-0.15, -0.1) is 11.3 Å². The number of amides is 2. The summed E-state index contributed by atoms with van der Waals surface area (Å²) in [6.45, 7) is 5.25. The molecule has 1 aliphatic rings. The van der Waals surface area contributed by atoms with Crippen molar-refractivity contribution in [3.05, 3.63) is 46.8 Å². The van der Waals surface area contributed by atoms with Gasteiger partial charge in [0.1, 0.15) is 0 Å². The van der Waals surface area contributed by atoms with Gasteiger partial charge in [-0.2, -0.15) is 0 Å². The number of hydrogen-bond donors (Lipinski definition) is 1. The minimum atomic E-state index is -0.0603. The van der Waals surface area contributed by atoms with Gasteiger partial charge >= 0.3 is 0 Å². The molecular formula is C20H22N2O3S. The van der Waals surface area contributed by atoms with Crippen molar-refractivity contribution in [3.63, 3.8) is 0 Å². The molecule has 1 fully saturated rings. The SMILES string of the molecule is CC(C)C(=O)c1ccc(-c2ccc(C(=O)N3CCNC(=O)CC3)cc2)s1. The molecule has 1 aliphatic heterocycles. The molecule has 2 aromatic rings. The molecule has 1 saturated heterocycles. The highest BCUT2D eigenvalue weighted by molar-refractivity contribution is 7.17. The smallest absolute Gasteiger partial charge is 0.253 e. The maximum absolute atomic E-state index is 12.6. The summed E-state index contributed by atoms with van der Waals surface area (Å²) >= 11 is 1.48. The number of thiophene rings is 1. The van der Waals surface area contributed by atoms with Crippen molar-refractivity contribution < 1.29 is 14.4 Å². The van der Waals surface area contributed by atoms with Crippen LogP contribution >= 0.6 is 11.3 Å². The summed E-state index contributed by atoms with van der Waals surface area (Å²) in [5.74, 6) is 0.0591. The number of carbonyl (C=O) groups is 3. The second-order valence-electron chi connectivity index (χ2n) is 6.65. The highest BCUT2D eigenvalue weighted by atomic mass is 32.1. The van der Waals surface area contributed by atoms with Crippen LogP contribution in [0, 0.1) is 5.92 Å². The molecule has 2 amide bonds. The molecule has 0 radical (unpaired) electrons. The summed E-state index contributed by atoms with van der Waals surface area (Å²) in [4.78, 5) is 39.6. The average molecular weight is 370 g/mol. The number of ketones is 1. The fourth-order valence-electron chi connectivity index (χ4n) is 2.84. The second kappa shape index (κ2) is 7.83. The number of Topliss-reactive ketones (excluding diaryl/α,β-unsaturated/α-hetero) is 1. The highest BCUT2D eigenvalue weighted by Gasteiger charge is 2.20. The van der Waals surface area contributed by atoms with Gasteiger partial charge in [0.2, 0.25) is 5.91 Å². The van der Waals surface area contributed by atoms with Crippen LogP contribution < -0.4 is 5.32 Å². The van der Waals surface area contributed by atoms with E-state index in [2.05, 4.69) is 5.32 Å². The van der Waals surface area contributed by atoms with Crippen molar-refractivity contribution >= 4 is 28.9 Å². The quantitative estimate of drug-likeness (QED) is 0.841. The second-order valence-corrected chi connectivity index (χ2v) is 7.74. The van der Waals surface area contributed by atoms with Gasteiger partial charge in [-0.3, -0.25) is 14.4 Å². The van der Waals surface area contributed by atoms with E-state index >= 15 is 0 Å². The fraction of sp³-hybridized carbons (Fsp3) is 0.350. The molecule has 26 heavy (non-hydrogen) atoms. The van der Waals surface area contributed by atoms with Crippen molar-refractivity contribution in [2.45, 2.75) is 20.3 Å². The van der Waals surface area contributed by atoms with E-state index in [4.69, 9.17) is 0 Å². The molecule has 0 bridgehead atoms. The number of rotatable bonds is 4. The highest BCUT2D eigenvalue weighted by Crippen LogP contribution is 2.29. The first-order valence-corrected chi connectivity index (χ1v) is 9.58. The third-order valence-electron chi connectivity index (χ3n) is 4.39. The van der Waals surface area contributed by atoms with Crippen LogP contribution in [0.5, 0.6) is 0 Å². The van der Waals surface area contributed by atoms with Crippen molar-refractivity contribution in [1.82, 2.24) is 10.2 Å². The Morgan fingerprint density at radius 1 is 1.08 bits per heavy atom. The lowest BCUT2D eigenvalue weighted by atomic mass is 10.1. The summed E-state index contributed by atoms with van der Waals surface area (Å²) in [6, 6.07) is 11.2. The zero-order valence-corrected chi connectivity index (χ0v) is 15.8. The van der Waals surface area contributed by atoms with Gasteiger partial charge in [0.15, 0.2) is 5.78 Å². The van der Waals surface area contributed by atoms with Crippen LogP contribution in [0.2, 0.25) is 0 Å². The number of nitrogens with one attached hydrogen (secondary N) is 1. The van der Waals surface area contributed by atoms with Crippen molar-refractivity contribution in [3.8, 4) is 10.4 Å². The molecule has 5 nitrogen and oxygen atoms in total. The number of carbonyl (C=O) groups excluding carboxylic acids is 3. The van der Waals surface area contributed by atoms with Gasteiger partial charge in [0, 0.05) is 42.4 Å². The summed E-state index contributed by atoms with van der Waals surface area (Å²) < 4.78 is 0. The summed E-state index contributed by atoms with van der Waals surface area (Å²) in [7, 11) is 0. The molecule has 3 rings (SSSR count). The third-order valence-corrected chi connectivity index (χ3v) is 5.54. The molecule has 0 saturated carbocycles. The van der Waals surface area contributed by atoms with Crippen LogP contribution in [0.25, 0.3) is 10.4 Å². The van der Waals surface area contributed by atoms with Crippen LogP contribution in [0.15, 0.2) is 36.4 Å². The van der Waals surface area contributed by atoms with E-state index in [0.717, 1.165) is 15.3 Å². The van der Waals surface area contributed by atoms with Crippen LogP contribution in [0.4, 0.5) is 0 Å². The van der Waals surface area contributed by atoms with E-state index in [9.17, 15) is 14.4 Å². The predicted octanol–water partition coefficient (Wildman–Crippen LogP) is 3.22. The van der Waals surface area contributed by atoms with Gasteiger partial charge in [0.05, 0.1) is 4.88 Å². The Labute approximate surface area is 157 Å². The van der Waals surface area contributed by atoms with Crippen LogP contribution in [-0.4, -0.2) is 42.1 Å². The fourth-order valence-corrected chi connectivity index (χ4v) is 3.94. The molecule has 1 aromatic heterocycles. The average Bonchev–Trinajstić information content (AvgIpc) is 3.03. The Morgan fingerprint density at radius 3 is 2.50 bits per heavy atom. The van der Waals surface area contributed by atoms with Crippen molar-refractivity contribution in [1.29, 1.82) is 0 Å². The lowest BCUT2D eigenvalue weighted by molar-refractivity contribution is -0.120. The molecule has 0 unspecified atom stereocenters. The molecular weight excluding hydrogens is 348 g/mol. The Hall–Kier alpha value is -2.47. The van der Waals surface area contributed by atoms with Gasteiger partial charge in [-0.25, -0.2) is 0 Å². The molecule has 0 atom stereocenters. The van der Waals surface area contributed by atoms with Crippen LogP contribution in [0.1, 0.15) is 40.3 Å². The lowest BCUT2D eigenvalue weighted by Crippen LogP contribution is -2.34. The molecule has 136 valence electrons. The lowest BCUT2D eigenvalue weighted by Gasteiger charge is -2.19. The largest absolute Gasteiger partial charge is 0.354 e. The predicted molar refractivity (Wildman–Crippen MR) is 102 cm³/mol. The first-order chi connectivity index (χ1) is 12.5. The molecule has 0 spiro atoms. The van der Waals surface area contributed by atoms with Gasteiger partial charge < -0.3 is 10.2 Å². The van der Waals surface area contributed by atoms with Crippen molar-refractivity contribution in [2.75, 3.05) is 19.6 Å². The third kappa shape index (κ3) is 4.02. The Bertz CT molecular complexity index is 824. The molecule has 2 heterocycles. The Kier molecular flexibility index (Phi) is 5.52. The van der Waals surface area contributed by atoms with Crippen LogP contribution in [-0.2, 0) is 4.79 Å². The van der Waals surface area contributed by atoms with Gasteiger partial charge in [0.25, 0.3) is 5.91 Å². The van der Waals surface area contributed by atoms with Gasteiger partial charge in [-0.1, -0.05) is 26.0 Å². The molecule has 0 aliphatic carbocycles. The topological polar surface area (TPSA) is 66.5 Å². The molecule has 1 aromatic carbocycles. The Morgan fingerprint density at radius 2 is 1.81 bits per heavy atom. The number of hydrogen-bond acceptors (Lipinski definition) is 4. The number of nitrogens with zero attached hydrogens (tertiary/aromatic N) is 1. The minimum Gasteiger partial charge on any atom is -0.354 e. The monoisotopic (exact) mass is 370 g/mol. The van der Waals surface area contributed by atoms with E-state index in [0.29, 0.717) is 31.6 Å². The maximum atomic E-state index is 12.6. The Balaban J connectivity index is 1.73. The van der Waals surface area contributed by atoms with E-state index in [1.54, 1.807) is 4.90 Å². The normalized spacial score (nSPS) is 14.9. The van der Waals surface area contributed by atoms with E-state index in [1.165, 1.54) is 11.3 Å². The standard InChI is InChI=1S/C20H22N2O3S/c1-13(2)19(24)17-8-7-16(26-17)14-3-5-15(6-4-14)20(25)22-11-9-18(23)21-10-12-22/h3-8,13H,9-12H2,1-2H3,(H,21,23). The van der Waals surface area contributed by atoms with E-state index in [1.807, 2.05) is 50.2 Å². The zero-order valence-electron chi connectivity index (χ0n) is 15.0. The minimum absolute atomic E-state index is 0.0138. The first-order valence-electron chi connectivity index (χ1n) is 8.76.